The Bertz CT molecular complexity index is 866. The molecule has 2 heterocycles. The van der Waals surface area contributed by atoms with Crippen LogP contribution in [0.15, 0.2) is 61.1 Å². The Balaban J connectivity index is 1.63. The predicted molar refractivity (Wildman–Crippen MR) is 99.1 cm³/mol. The average Bonchev–Trinajstić information content (AvgIpc) is 2.65. The van der Waals surface area contributed by atoms with Crippen molar-refractivity contribution in [3.05, 3.63) is 82.8 Å². The Labute approximate surface area is 151 Å². The molecule has 0 radical (unpaired) electrons. The van der Waals surface area contributed by atoms with Gasteiger partial charge >= 0.3 is 0 Å². The fourth-order valence-electron chi connectivity index (χ4n) is 2.27. The van der Waals surface area contributed by atoms with Crippen molar-refractivity contribution in [3.8, 4) is 0 Å². The average molecular weight is 353 g/mol. The molecule has 1 aromatic carbocycles. The van der Waals surface area contributed by atoms with E-state index in [2.05, 4.69) is 20.6 Å². The van der Waals surface area contributed by atoms with E-state index in [4.69, 9.17) is 11.6 Å². The molecule has 2 N–H and O–H groups in total. The van der Waals surface area contributed by atoms with Gasteiger partial charge in [0.1, 0.15) is 5.82 Å². The first-order chi connectivity index (χ1) is 12.1. The van der Waals surface area contributed by atoms with Crippen molar-refractivity contribution in [2.45, 2.75) is 13.5 Å². The minimum atomic E-state index is -0.171. The van der Waals surface area contributed by atoms with E-state index in [1.165, 1.54) is 0 Å². The molecule has 0 bridgehead atoms. The van der Waals surface area contributed by atoms with Gasteiger partial charge in [0.15, 0.2) is 0 Å². The van der Waals surface area contributed by atoms with Gasteiger partial charge in [0.2, 0.25) is 0 Å². The van der Waals surface area contributed by atoms with Crippen LogP contribution in [-0.4, -0.2) is 15.9 Å². The molecule has 2 aromatic heterocycles. The van der Waals surface area contributed by atoms with Crippen LogP contribution in [-0.2, 0) is 6.54 Å². The maximum atomic E-state index is 12.2. The fraction of sp³-hybridized carbons (Fsp3) is 0.105. The van der Waals surface area contributed by atoms with Crippen LogP contribution in [0.5, 0.6) is 0 Å². The van der Waals surface area contributed by atoms with E-state index in [1.54, 1.807) is 30.7 Å². The Morgan fingerprint density at radius 3 is 2.64 bits per heavy atom. The lowest BCUT2D eigenvalue weighted by Crippen LogP contribution is -2.22. The number of nitrogens with zero attached hydrogens (tertiary/aromatic N) is 2. The zero-order chi connectivity index (χ0) is 17.6. The van der Waals surface area contributed by atoms with Crippen LogP contribution in [0.3, 0.4) is 0 Å². The first-order valence-corrected chi connectivity index (χ1v) is 8.16. The maximum Gasteiger partial charge on any atom is 0.253 e. The Morgan fingerprint density at radius 1 is 1.12 bits per heavy atom. The normalized spacial score (nSPS) is 10.3. The first kappa shape index (κ1) is 16.9. The van der Waals surface area contributed by atoms with Crippen molar-refractivity contribution in [2.24, 2.45) is 0 Å². The summed E-state index contributed by atoms with van der Waals surface area (Å²) >= 11 is 6.11. The molecular formula is C19H17ClN4O. The highest BCUT2D eigenvalue weighted by Gasteiger charge is 2.07. The highest BCUT2D eigenvalue weighted by molar-refractivity contribution is 6.31. The molecule has 126 valence electrons. The van der Waals surface area contributed by atoms with Gasteiger partial charge < -0.3 is 10.6 Å². The number of benzene rings is 1. The fourth-order valence-corrected chi connectivity index (χ4v) is 2.44. The van der Waals surface area contributed by atoms with E-state index in [1.807, 2.05) is 37.3 Å². The van der Waals surface area contributed by atoms with E-state index < -0.39 is 0 Å². The van der Waals surface area contributed by atoms with Crippen LogP contribution in [0.2, 0.25) is 5.02 Å². The summed E-state index contributed by atoms with van der Waals surface area (Å²) in [6.07, 6.45) is 4.94. The minimum absolute atomic E-state index is 0.171. The Morgan fingerprint density at radius 2 is 1.92 bits per heavy atom. The summed E-state index contributed by atoms with van der Waals surface area (Å²) in [4.78, 5) is 20.4. The summed E-state index contributed by atoms with van der Waals surface area (Å²) in [5.74, 6) is 0.478. The molecule has 5 nitrogen and oxygen atoms in total. The molecule has 0 spiro atoms. The van der Waals surface area contributed by atoms with Crippen molar-refractivity contribution in [2.75, 3.05) is 5.32 Å². The van der Waals surface area contributed by atoms with Gasteiger partial charge in [-0.15, -0.1) is 0 Å². The zero-order valence-electron chi connectivity index (χ0n) is 13.7. The third kappa shape index (κ3) is 4.33. The number of rotatable bonds is 5. The van der Waals surface area contributed by atoms with E-state index in [9.17, 15) is 4.79 Å². The number of pyridine rings is 2. The molecule has 0 fully saturated rings. The first-order valence-electron chi connectivity index (χ1n) is 7.79. The molecule has 0 unspecified atom stereocenters. The van der Waals surface area contributed by atoms with Crippen LogP contribution < -0.4 is 10.6 Å². The quantitative estimate of drug-likeness (QED) is 0.725. The molecule has 0 saturated heterocycles. The summed E-state index contributed by atoms with van der Waals surface area (Å²) in [7, 11) is 0. The Kier molecular flexibility index (Phi) is 5.26. The number of hydrogen-bond acceptors (Lipinski definition) is 4. The number of nitrogens with one attached hydrogen (secondary N) is 2. The van der Waals surface area contributed by atoms with Crippen molar-refractivity contribution in [1.29, 1.82) is 0 Å². The second-order valence-electron chi connectivity index (χ2n) is 5.51. The van der Waals surface area contributed by atoms with E-state index in [-0.39, 0.29) is 5.91 Å². The predicted octanol–water partition coefficient (Wildman–Crippen LogP) is 4.11. The number of amides is 1. The molecule has 3 rings (SSSR count). The summed E-state index contributed by atoms with van der Waals surface area (Å²) in [6.45, 7) is 2.38. The topological polar surface area (TPSA) is 66.9 Å². The monoisotopic (exact) mass is 352 g/mol. The molecule has 0 atom stereocenters. The van der Waals surface area contributed by atoms with Gasteiger partial charge in [-0.2, -0.15) is 0 Å². The summed E-state index contributed by atoms with van der Waals surface area (Å²) in [6, 6.07) is 12.9. The number of anilines is 2. The number of carbonyl (C=O) groups excluding carboxylic acids is 1. The molecule has 25 heavy (non-hydrogen) atoms. The van der Waals surface area contributed by atoms with Gasteiger partial charge in [0.05, 0.1) is 5.56 Å². The second kappa shape index (κ2) is 7.77. The molecule has 0 aliphatic heterocycles. The van der Waals surface area contributed by atoms with E-state index >= 15 is 0 Å². The lowest BCUT2D eigenvalue weighted by molar-refractivity contribution is 0.0950. The van der Waals surface area contributed by atoms with Crippen LogP contribution in [0.1, 0.15) is 21.5 Å². The zero-order valence-corrected chi connectivity index (χ0v) is 14.4. The number of halogens is 1. The number of carbonyl (C=O) groups is 1. The molecular weight excluding hydrogens is 336 g/mol. The largest absolute Gasteiger partial charge is 0.348 e. The lowest BCUT2D eigenvalue weighted by Gasteiger charge is -2.10. The van der Waals surface area contributed by atoms with Gasteiger partial charge in [0, 0.05) is 35.8 Å². The standard InChI is InChI=1S/C19H17ClN4O/c1-13-16(20)3-2-4-17(13)24-18-6-5-15(12-22-18)19(25)23-11-14-7-9-21-10-8-14/h2-10,12H,11H2,1H3,(H,22,24)(H,23,25). The third-order valence-electron chi connectivity index (χ3n) is 3.76. The molecule has 0 saturated carbocycles. The van der Waals surface area contributed by atoms with Gasteiger partial charge in [-0.1, -0.05) is 17.7 Å². The van der Waals surface area contributed by atoms with E-state index in [0.717, 1.165) is 16.8 Å². The molecule has 3 aromatic rings. The van der Waals surface area contributed by atoms with Crippen molar-refractivity contribution < 1.29 is 4.79 Å². The van der Waals surface area contributed by atoms with Crippen LogP contribution in [0, 0.1) is 6.92 Å². The van der Waals surface area contributed by atoms with E-state index in [0.29, 0.717) is 22.9 Å². The van der Waals surface area contributed by atoms with Crippen molar-refractivity contribution >= 4 is 29.0 Å². The SMILES string of the molecule is Cc1c(Cl)cccc1Nc1ccc(C(=O)NCc2ccncc2)cn1. The highest BCUT2D eigenvalue weighted by Crippen LogP contribution is 2.25. The van der Waals surface area contributed by atoms with Crippen molar-refractivity contribution in [3.63, 3.8) is 0 Å². The lowest BCUT2D eigenvalue weighted by atomic mass is 10.2. The smallest absolute Gasteiger partial charge is 0.253 e. The summed E-state index contributed by atoms with van der Waals surface area (Å²) in [5, 5.41) is 6.75. The molecule has 6 heteroatoms. The third-order valence-corrected chi connectivity index (χ3v) is 4.17. The summed E-state index contributed by atoms with van der Waals surface area (Å²) < 4.78 is 0. The Hall–Kier alpha value is -2.92. The van der Waals surface area contributed by atoms with Gasteiger partial charge in [-0.05, 0) is 54.4 Å². The molecule has 0 aliphatic carbocycles. The maximum absolute atomic E-state index is 12.2. The van der Waals surface area contributed by atoms with Gasteiger partial charge in [-0.25, -0.2) is 4.98 Å². The van der Waals surface area contributed by atoms with Crippen LogP contribution in [0.4, 0.5) is 11.5 Å². The molecule has 0 aliphatic rings. The van der Waals surface area contributed by atoms with Crippen LogP contribution >= 0.6 is 11.6 Å². The highest BCUT2D eigenvalue weighted by atomic mass is 35.5. The number of hydrogen-bond donors (Lipinski definition) is 2. The molecule has 1 amide bonds. The van der Waals surface area contributed by atoms with Crippen LogP contribution in [0.25, 0.3) is 0 Å². The summed E-state index contributed by atoms with van der Waals surface area (Å²) in [5.41, 5.74) is 3.33. The number of aromatic nitrogens is 2. The van der Waals surface area contributed by atoms with Crippen molar-refractivity contribution in [1.82, 2.24) is 15.3 Å². The van der Waals surface area contributed by atoms with Gasteiger partial charge in [-0.3, -0.25) is 9.78 Å². The van der Waals surface area contributed by atoms with Gasteiger partial charge in [0.25, 0.3) is 5.91 Å². The second-order valence-corrected chi connectivity index (χ2v) is 5.91. The minimum Gasteiger partial charge on any atom is -0.348 e.